The van der Waals surface area contributed by atoms with Crippen molar-refractivity contribution in [2.24, 2.45) is 0 Å². The molecule has 0 unspecified atom stereocenters. The number of amides is 1. The Hall–Kier alpha value is -1.44. The standard InChI is InChI=1S/C14H24N4O3/c1-10(19)9-17-4-6-18(7-5-17)12(3)14(20)15-13-8-11(2)21-16-13/h8,10,12,19H,4-7,9H2,1-3H3,(H,15,16,20)/t10-,12-/m1/s1. The molecular formula is C14H24N4O3. The summed E-state index contributed by atoms with van der Waals surface area (Å²) in [6, 6.07) is 1.49. The molecule has 2 atom stereocenters. The van der Waals surface area contributed by atoms with Gasteiger partial charge in [-0.1, -0.05) is 5.16 Å². The summed E-state index contributed by atoms with van der Waals surface area (Å²) in [6.45, 7) is 9.53. The first kappa shape index (κ1) is 15.9. The minimum atomic E-state index is -0.312. The number of aliphatic hydroxyl groups is 1. The van der Waals surface area contributed by atoms with E-state index in [4.69, 9.17) is 4.52 Å². The summed E-state index contributed by atoms with van der Waals surface area (Å²) in [4.78, 5) is 16.5. The van der Waals surface area contributed by atoms with Gasteiger partial charge in [0, 0.05) is 38.8 Å². The summed E-state index contributed by atoms with van der Waals surface area (Å²) in [7, 11) is 0. The number of aryl methyl sites for hydroxylation is 1. The van der Waals surface area contributed by atoms with Crippen LogP contribution in [0.3, 0.4) is 0 Å². The Labute approximate surface area is 124 Å². The van der Waals surface area contributed by atoms with E-state index < -0.39 is 0 Å². The Morgan fingerprint density at radius 3 is 2.62 bits per heavy atom. The van der Waals surface area contributed by atoms with Crippen LogP contribution in [0.5, 0.6) is 0 Å². The average Bonchev–Trinajstić information content (AvgIpc) is 2.83. The molecular weight excluding hydrogens is 272 g/mol. The highest BCUT2D eigenvalue weighted by molar-refractivity contribution is 5.93. The van der Waals surface area contributed by atoms with E-state index in [1.165, 1.54) is 0 Å². The fourth-order valence-electron chi connectivity index (χ4n) is 2.53. The normalized spacial score (nSPS) is 20.2. The topological polar surface area (TPSA) is 81.8 Å². The Kier molecular flexibility index (Phi) is 5.33. The Morgan fingerprint density at radius 1 is 1.43 bits per heavy atom. The number of aromatic nitrogens is 1. The van der Waals surface area contributed by atoms with Crippen LogP contribution in [0.4, 0.5) is 5.82 Å². The van der Waals surface area contributed by atoms with Crippen LogP contribution in [-0.2, 0) is 4.79 Å². The molecule has 2 rings (SSSR count). The number of hydrogen-bond acceptors (Lipinski definition) is 6. The maximum atomic E-state index is 12.2. The van der Waals surface area contributed by atoms with Crippen molar-refractivity contribution >= 4 is 11.7 Å². The van der Waals surface area contributed by atoms with E-state index >= 15 is 0 Å². The summed E-state index contributed by atoms with van der Waals surface area (Å²) in [6.07, 6.45) is -0.312. The number of nitrogens with zero attached hydrogens (tertiary/aromatic N) is 3. The Bertz CT molecular complexity index is 467. The molecule has 7 heteroatoms. The van der Waals surface area contributed by atoms with Crippen molar-refractivity contribution in [2.45, 2.75) is 32.9 Å². The van der Waals surface area contributed by atoms with Crippen molar-refractivity contribution in [3.8, 4) is 0 Å². The van der Waals surface area contributed by atoms with Gasteiger partial charge in [-0.25, -0.2) is 0 Å². The summed E-state index contributed by atoms with van der Waals surface area (Å²) in [5.41, 5.74) is 0. The lowest BCUT2D eigenvalue weighted by atomic mass is 10.2. The summed E-state index contributed by atoms with van der Waals surface area (Å²) >= 11 is 0. The van der Waals surface area contributed by atoms with E-state index in [2.05, 4.69) is 20.3 Å². The van der Waals surface area contributed by atoms with E-state index in [-0.39, 0.29) is 18.1 Å². The second-order valence-electron chi connectivity index (χ2n) is 5.67. The smallest absolute Gasteiger partial charge is 0.242 e. The van der Waals surface area contributed by atoms with Gasteiger partial charge in [-0.2, -0.15) is 0 Å². The minimum absolute atomic E-state index is 0.0766. The molecule has 0 bridgehead atoms. The largest absolute Gasteiger partial charge is 0.392 e. The zero-order chi connectivity index (χ0) is 15.4. The summed E-state index contributed by atoms with van der Waals surface area (Å²) in [5, 5.41) is 15.9. The zero-order valence-corrected chi connectivity index (χ0v) is 12.9. The fourth-order valence-corrected chi connectivity index (χ4v) is 2.53. The van der Waals surface area contributed by atoms with Crippen LogP contribution in [0.2, 0.25) is 0 Å². The van der Waals surface area contributed by atoms with Gasteiger partial charge in [0.15, 0.2) is 5.82 Å². The molecule has 118 valence electrons. The van der Waals surface area contributed by atoms with Crippen molar-refractivity contribution in [1.29, 1.82) is 0 Å². The molecule has 1 saturated heterocycles. The molecule has 1 fully saturated rings. The average molecular weight is 296 g/mol. The zero-order valence-electron chi connectivity index (χ0n) is 12.9. The molecule has 2 heterocycles. The van der Waals surface area contributed by atoms with Crippen LogP contribution in [0, 0.1) is 6.92 Å². The third-order valence-electron chi connectivity index (χ3n) is 3.74. The van der Waals surface area contributed by atoms with E-state index in [0.29, 0.717) is 18.1 Å². The van der Waals surface area contributed by atoms with Gasteiger partial charge in [0.1, 0.15) is 5.76 Å². The van der Waals surface area contributed by atoms with Crippen LogP contribution in [0.1, 0.15) is 19.6 Å². The number of carbonyl (C=O) groups excluding carboxylic acids is 1. The SMILES string of the molecule is Cc1cc(NC(=O)[C@@H](C)N2CCN(C[C@@H](C)O)CC2)no1. The van der Waals surface area contributed by atoms with Crippen LogP contribution < -0.4 is 5.32 Å². The van der Waals surface area contributed by atoms with Crippen LogP contribution in [-0.4, -0.2) is 70.8 Å². The lowest BCUT2D eigenvalue weighted by Gasteiger charge is -2.37. The van der Waals surface area contributed by atoms with Crippen molar-refractivity contribution in [1.82, 2.24) is 15.0 Å². The van der Waals surface area contributed by atoms with Crippen molar-refractivity contribution in [3.63, 3.8) is 0 Å². The highest BCUT2D eigenvalue weighted by Gasteiger charge is 2.26. The predicted molar refractivity (Wildman–Crippen MR) is 79.0 cm³/mol. The second-order valence-corrected chi connectivity index (χ2v) is 5.67. The van der Waals surface area contributed by atoms with E-state index in [9.17, 15) is 9.90 Å². The van der Waals surface area contributed by atoms with E-state index in [0.717, 1.165) is 26.2 Å². The molecule has 1 amide bonds. The fraction of sp³-hybridized carbons (Fsp3) is 0.714. The predicted octanol–water partition coefficient (Wildman–Crippen LogP) is 0.308. The molecule has 21 heavy (non-hydrogen) atoms. The van der Waals surface area contributed by atoms with Gasteiger partial charge >= 0.3 is 0 Å². The van der Waals surface area contributed by atoms with Crippen molar-refractivity contribution in [2.75, 3.05) is 38.0 Å². The first-order chi connectivity index (χ1) is 9.95. The van der Waals surface area contributed by atoms with Crippen LogP contribution >= 0.6 is 0 Å². The van der Waals surface area contributed by atoms with E-state index in [1.807, 2.05) is 6.92 Å². The number of hydrogen-bond donors (Lipinski definition) is 2. The molecule has 1 aromatic heterocycles. The lowest BCUT2D eigenvalue weighted by molar-refractivity contribution is -0.121. The number of nitrogens with one attached hydrogen (secondary N) is 1. The lowest BCUT2D eigenvalue weighted by Crippen LogP contribution is -2.53. The van der Waals surface area contributed by atoms with E-state index in [1.54, 1.807) is 19.9 Å². The molecule has 0 aliphatic carbocycles. The van der Waals surface area contributed by atoms with Gasteiger partial charge in [-0.3, -0.25) is 14.6 Å². The molecule has 0 saturated carbocycles. The van der Waals surface area contributed by atoms with Gasteiger partial charge < -0.3 is 14.9 Å². The second kappa shape index (κ2) is 7.02. The Morgan fingerprint density at radius 2 is 2.10 bits per heavy atom. The maximum absolute atomic E-state index is 12.2. The highest BCUT2D eigenvalue weighted by atomic mass is 16.5. The molecule has 7 nitrogen and oxygen atoms in total. The third-order valence-corrected chi connectivity index (χ3v) is 3.74. The van der Waals surface area contributed by atoms with Crippen molar-refractivity contribution < 1.29 is 14.4 Å². The molecule has 1 aromatic rings. The first-order valence-electron chi connectivity index (χ1n) is 7.34. The van der Waals surface area contributed by atoms with Gasteiger partial charge in [0.05, 0.1) is 12.1 Å². The number of piperazine rings is 1. The highest BCUT2D eigenvalue weighted by Crippen LogP contribution is 2.11. The molecule has 2 N–H and O–H groups in total. The molecule has 0 spiro atoms. The Balaban J connectivity index is 1.81. The monoisotopic (exact) mass is 296 g/mol. The van der Waals surface area contributed by atoms with Gasteiger partial charge in [0.2, 0.25) is 5.91 Å². The summed E-state index contributed by atoms with van der Waals surface area (Å²) in [5.74, 6) is 1.05. The maximum Gasteiger partial charge on any atom is 0.242 e. The summed E-state index contributed by atoms with van der Waals surface area (Å²) < 4.78 is 4.93. The number of β-amino-alcohol motifs (C(OH)–C–C–N with tert-alkyl or cyclic N) is 1. The number of rotatable bonds is 5. The quantitative estimate of drug-likeness (QED) is 0.814. The molecule has 1 aliphatic rings. The molecule has 1 aliphatic heterocycles. The molecule has 0 radical (unpaired) electrons. The van der Waals surface area contributed by atoms with Gasteiger partial charge in [0.25, 0.3) is 0 Å². The van der Waals surface area contributed by atoms with Crippen LogP contribution in [0.25, 0.3) is 0 Å². The molecule has 0 aromatic carbocycles. The number of carbonyl (C=O) groups is 1. The van der Waals surface area contributed by atoms with Crippen molar-refractivity contribution in [3.05, 3.63) is 11.8 Å². The van der Waals surface area contributed by atoms with Crippen LogP contribution in [0.15, 0.2) is 10.6 Å². The third kappa shape index (κ3) is 4.52. The number of anilines is 1. The minimum Gasteiger partial charge on any atom is -0.392 e. The first-order valence-corrected chi connectivity index (χ1v) is 7.34. The number of aliphatic hydroxyl groups excluding tert-OH is 1. The van der Waals surface area contributed by atoms with Gasteiger partial charge in [-0.05, 0) is 20.8 Å². The van der Waals surface area contributed by atoms with Gasteiger partial charge in [-0.15, -0.1) is 0 Å².